The zero-order valence-corrected chi connectivity index (χ0v) is 30.2. The van der Waals surface area contributed by atoms with Crippen molar-refractivity contribution in [3.05, 3.63) is 82.4 Å². The van der Waals surface area contributed by atoms with E-state index < -0.39 is 40.2 Å². The average Bonchev–Trinajstić information content (AvgIpc) is 4.02. The highest BCUT2D eigenvalue weighted by molar-refractivity contribution is 7.90. The molecule has 0 unspecified atom stereocenters. The van der Waals surface area contributed by atoms with E-state index >= 15 is 0 Å². The van der Waals surface area contributed by atoms with Gasteiger partial charge in [0.1, 0.15) is 17.2 Å². The van der Waals surface area contributed by atoms with Gasteiger partial charge in [0.25, 0.3) is 5.91 Å². The Hall–Kier alpha value is -4.51. The van der Waals surface area contributed by atoms with Gasteiger partial charge in [0, 0.05) is 32.4 Å². The lowest BCUT2D eigenvalue weighted by atomic mass is 10.1. The summed E-state index contributed by atoms with van der Waals surface area (Å²) in [6.07, 6.45) is -5.90. The molecule has 2 heterocycles. The largest absolute Gasteiger partial charge is 0.493 e. The predicted molar refractivity (Wildman–Crippen MR) is 183 cm³/mol. The predicted octanol–water partition coefficient (Wildman–Crippen LogP) is 7.08. The maximum atomic E-state index is 13.3. The molecule has 2 aliphatic carbocycles. The number of ether oxygens (including phenoxy) is 3. The van der Waals surface area contributed by atoms with Crippen LogP contribution in [0.4, 0.5) is 26.3 Å². The Morgan fingerprint density at radius 3 is 1.85 bits per heavy atom. The second-order valence-corrected chi connectivity index (χ2v) is 15.7. The summed E-state index contributed by atoms with van der Waals surface area (Å²) in [6, 6.07) is 15.3. The quantitative estimate of drug-likeness (QED) is 0.207. The number of alkyl halides is 6. The molecule has 54 heavy (non-hydrogen) atoms. The zero-order valence-electron chi connectivity index (χ0n) is 29.4. The van der Waals surface area contributed by atoms with Crippen LogP contribution in [-0.2, 0) is 40.8 Å². The zero-order chi connectivity index (χ0) is 39.4. The molecular formula is C37H40F6N2O8S. The first-order valence-electron chi connectivity index (χ1n) is 17.1. The number of hydrogen-bond acceptors (Lipinski definition) is 8. The van der Waals surface area contributed by atoms with Crippen LogP contribution in [0.15, 0.2) is 59.5 Å². The molecule has 10 nitrogen and oxygen atoms in total. The third-order valence-electron chi connectivity index (χ3n) is 8.98. The van der Waals surface area contributed by atoms with E-state index in [-0.39, 0.29) is 29.3 Å². The first kappa shape index (κ1) is 40.7. The van der Waals surface area contributed by atoms with E-state index in [1.165, 1.54) is 28.9 Å². The van der Waals surface area contributed by atoms with Crippen LogP contribution in [0.3, 0.4) is 0 Å². The number of nitrogens with one attached hydrogen (secondary N) is 1. The number of halogens is 6. The molecule has 1 amide bonds. The normalized spacial score (nSPS) is 16.9. The summed E-state index contributed by atoms with van der Waals surface area (Å²) in [7, 11) is -3.69. The van der Waals surface area contributed by atoms with Gasteiger partial charge in [0.15, 0.2) is 15.9 Å². The van der Waals surface area contributed by atoms with Crippen LogP contribution in [0, 0.1) is 11.8 Å². The highest BCUT2D eigenvalue weighted by atomic mass is 32.2. The molecule has 0 radical (unpaired) electrons. The van der Waals surface area contributed by atoms with Crippen molar-refractivity contribution >= 4 is 21.7 Å². The summed E-state index contributed by atoms with van der Waals surface area (Å²) in [6.45, 7) is 4.87. The number of carboxylic acids is 1. The third-order valence-corrected chi connectivity index (χ3v) is 10.1. The van der Waals surface area contributed by atoms with E-state index in [1.807, 2.05) is 18.2 Å². The molecule has 3 aromatic rings. The molecule has 294 valence electrons. The fourth-order valence-corrected chi connectivity index (χ4v) is 6.05. The van der Waals surface area contributed by atoms with Crippen molar-refractivity contribution in [3.63, 3.8) is 0 Å². The third kappa shape index (κ3) is 11.5. The molecule has 0 spiro atoms. The smallest absolute Gasteiger partial charge is 0.490 e. The van der Waals surface area contributed by atoms with Gasteiger partial charge in [-0.15, -0.1) is 0 Å². The molecule has 0 aromatic heterocycles. The molecule has 0 saturated heterocycles. The van der Waals surface area contributed by atoms with Crippen LogP contribution in [0.5, 0.6) is 17.2 Å². The van der Waals surface area contributed by atoms with E-state index in [0.717, 1.165) is 86.7 Å². The van der Waals surface area contributed by atoms with Crippen molar-refractivity contribution < 1.29 is 63.7 Å². The minimum atomic E-state index is -5.08. The fraction of sp³-hybridized carbons (Fsp3) is 0.459. The number of carbonyl (C=O) groups excluding carboxylic acids is 1. The SMILES string of the molecule is C[C@H](Oc1ccc(S(C)(=O)=O)cc1C(=O)N1Cc2ccc(OCC3CC3)cc2C1)C(F)(F)F.O=C(O)C(F)(F)F.c1cc2c(cc1OCC1CC1)CNC2. The van der Waals surface area contributed by atoms with Crippen molar-refractivity contribution in [3.8, 4) is 17.2 Å². The number of amides is 1. The number of hydrogen-bond donors (Lipinski definition) is 2. The number of aliphatic carboxylic acids is 1. The van der Waals surface area contributed by atoms with E-state index in [9.17, 15) is 39.6 Å². The lowest BCUT2D eigenvalue weighted by molar-refractivity contribution is -0.192. The number of nitrogens with zero attached hydrogens (tertiary/aromatic N) is 1. The van der Waals surface area contributed by atoms with E-state index in [4.69, 9.17) is 24.1 Å². The summed E-state index contributed by atoms with van der Waals surface area (Å²) >= 11 is 0. The number of benzene rings is 3. The number of sulfone groups is 1. The Bertz CT molecular complexity index is 1950. The number of fused-ring (bicyclic) bond motifs is 2. The van der Waals surface area contributed by atoms with Gasteiger partial charge in [0.2, 0.25) is 0 Å². The Kier molecular flexibility index (Phi) is 12.4. The van der Waals surface area contributed by atoms with Crippen molar-refractivity contribution in [2.24, 2.45) is 11.8 Å². The van der Waals surface area contributed by atoms with Crippen LogP contribution < -0.4 is 19.5 Å². The lowest BCUT2D eigenvalue weighted by Crippen LogP contribution is -2.32. The van der Waals surface area contributed by atoms with Gasteiger partial charge in [-0.25, -0.2) is 13.2 Å². The molecule has 1 atom stereocenters. The Balaban J connectivity index is 0.000000217. The van der Waals surface area contributed by atoms with Gasteiger partial charge in [-0.1, -0.05) is 12.1 Å². The van der Waals surface area contributed by atoms with Gasteiger partial charge in [-0.2, -0.15) is 26.3 Å². The van der Waals surface area contributed by atoms with Gasteiger partial charge >= 0.3 is 18.3 Å². The van der Waals surface area contributed by atoms with Crippen molar-refractivity contribution in [1.82, 2.24) is 10.2 Å². The maximum absolute atomic E-state index is 13.3. The summed E-state index contributed by atoms with van der Waals surface area (Å²) in [4.78, 5) is 23.5. The number of carbonyl (C=O) groups is 2. The van der Waals surface area contributed by atoms with Crippen LogP contribution in [0.2, 0.25) is 0 Å². The second kappa shape index (κ2) is 16.5. The average molecular weight is 787 g/mol. The minimum Gasteiger partial charge on any atom is -0.493 e. The highest BCUT2D eigenvalue weighted by Crippen LogP contribution is 2.35. The molecule has 0 bridgehead atoms. The Morgan fingerprint density at radius 1 is 0.815 bits per heavy atom. The summed E-state index contributed by atoms with van der Waals surface area (Å²) in [5.41, 5.74) is 4.36. The fourth-order valence-electron chi connectivity index (χ4n) is 5.40. The number of rotatable bonds is 10. The molecule has 2 fully saturated rings. The van der Waals surface area contributed by atoms with Gasteiger partial charge < -0.3 is 29.5 Å². The van der Waals surface area contributed by atoms with E-state index in [1.54, 1.807) is 0 Å². The molecule has 7 rings (SSSR count). The van der Waals surface area contributed by atoms with Crippen molar-refractivity contribution in [1.29, 1.82) is 0 Å². The van der Waals surface area contributed by atoms with Crippen LogP contribution in [0.25, 0.3) is 0 Å². The van der Waals surface area contributed by atoms with Gasteiger partial charge in [-0.05, 0) is 109 Å². The molecule has 2 aliphatic heterocycles. The van der Waals surface area contributed by atoms with E-state index in [0.29, 0.717) is 18.3 Å². The van der Waals surface area contributed by atoms with Crippen LogP contribution in [-0.4, -0.2) is 68.2 Å². The van der Waals surface area contributed by atoms with Gasteiger partial charge in [0.05, 0.1) is 23.7 Å². The number of carboxylic acid groups (broad SMARTS) is 1. The molecule has 3 aromatic carbocycles. The standard InChI is InChI=1S/C23H24F3NO5S.C12H15NO.C2HF3O2/c1-14(23(24,25)26)32-21-8-7-19(33(2,29)30)10-20(21)22(28)27-11-16-5-6-18(9-17(16)12-27)31-13-15-3-4-15;1-2-9(1)8-14-12-4-3-10-6-13-7-11(10)5-12;3-2(4,5)1(6)7/h5-10,14-15H,3-4,11-13H2,1-2H3;3-5,9,13H,1-2,6-8H2;(H,6,7)/t14-;;/m0../s1. The topological polar surface area (TPSA) is 131 Å². The van der Waals surface area contributed by atoms with Crippen molar-refractivity contribution in [2.75, 3.05) is 19.5 Å². The summed E-state index contributed by atoms with van der Waals surface area (Å²) in [5.74, 6) is -0.510. The molecule has 2 saturated carbocycles. The van der Waals surface area contributed by atoms with Crippen LogP contribution >= 0.6 is 0 Å². The molecule has 17 heteroatoms. The monoisotopic (exact) mass is 786 g/mol. The summed E-state index contributed by atoms with van der Waals surface area (Å²) < 4.78 is 111. The second-order valence-electron chi connectivity index (χ2n) is 13.7. The van der Waals surface area contributed by atoms with E-state index in [2.05, 4.69) is 23.5 Å². The first-order chi connectivity index (χ1) is 25.3. The molecular weight excluding hydrogens is 746 g/mol. The first-order valence-corrected chi connectivity index (χ1v) is 19.0. The Morgan fingerprint density at radius 2 is 1.33 bits per heavy atom. The Labute approximate surface area is 308 Å². The van der Waals surface area contributed by atoms with Crippen LogP contribution in [0.1, 0.15) is 65.2 Å². The summed E-state index contributed by atoms with van der Waals surface area (Å²) in [5, 5.41) is 10.5. The minimum absolute atomic E-state index is 0.176. The molecule has 2 N–H and O–H groups in total. The maximum Gasteiger partial charge on any atom is 0.490 e. The van der Waals surface area contributed by atoms with Crippen molar-refractivity contribution in [2.45, 2.75) is 82.1 Å². The lowest BCUT2D eigenvalue weighted by Gasteiger charge is -2.22. The molecule has 4 aliphatic rings. The highest BCUT2D eigenvalue weighted by Gasteiger charge is 2.40. The van der Waals surface area contributed by atoms with Gasteiger partial charge in [-0.3, -0.25) is 4.79 Å².